The number of amides is 1. The van der Waals surface area contributed by atoms with Crippen molar-refractivity contribution in [2.24, 2.45) is 0 Å². The minimum atomic E-state index is -0.358. The Morgan fingerprint density at radius 2 is 1.94 bits per heavy atom. The van der Waals surface area contributed by atoms with Crippen LogP contribution in [0.3, 0.4) is 0 Å². The number of rotatable bonds is 4. The normalized spacial score (nSPS) is 12.3. The monoisotopic (exact) mass is 417 g/mol. The molecular weight excluding hydrogens is 398 g/mol. The first-order valence-corrected chi connectivity index (χ1v) is 9.70. The lowest BCUT2D eigenvalue weighted by atomic mass is 10.1. The Balaban J connectivity index is 1.39. The summed E-state index contributed by atoms with van der Waals surface area (Å²) in [7, 11) is 0. The second-order valence-electron chi connectivity index (χ2n) is 7.36. The SMILES string of the molecule is Cc1ccc(-n2ncc3c(=O)n(CC(=O)Nc4ccc5c(c4)OCO5)cnc32)cc1C. The molecule has 1 amide bonds. The highest BCUT2D eigenvalue weighted by atomic mass is 16.7. The van der Waals surface area contributed by atoms with Gasteiger partial charge in [0, 0.05) is 11.8 Å². The van der Waals surface area contributed by atoms with E-state index in [4.69, 9.17) is 9.47 Å². The molecular formula is C22H19N5O4. The molecule has 5 rings (SSSR count). The zero-order valence-electron chi connectivity index (χ0n) is 17.0. The van der Waals surface area contributed by atoms with E-state index in [0.717, 1.165) is 11.3 Å². The zero-order chi connectivity index (χ0) is 21.5. The number of fused-ring (bicyclic) bond motifs is 2. The van der Waals surface area contributed by atoms with Crippen molar-refractivity contribution in [3.05, 3.63) is 70.4 Å². The highest BCUT2D eigenvalue weighted by Gasteiger charge is 2.16. The molecule has 2 aromatic carbocycles. The zero-order valence-corrected chi connectivity index (χ0v) is 17.0. The molecule has 0 fully saturated rings. The third kappa shape index (κ3) is 3.39. The highest BCUT2D eigenvalue weighted by molar-refractivity contribution is 5.91. The molecule has 0 saturated heterocycles. The molecule has 3 heterocycles. The summed E-state index contributed by atoms with van der Waals surface area (Å²) in [6.45, 7) is 4.03. The molecule has 0 atom stereocenters. The molecule has 31 heavy (non-hydrogen) atoms. The average Bonchev–Trinajstić information content (AvgIpc) is 3.39. The maximum Gasteiger partial charge on any atom is 0.264 e. The first-order valence-electron chi connectivity index (χ1n) is 9.70. The van der Waals surface area contributed by atoms with Crippen LogP contribution in [0.5, 0.6) is 11.5 Å². The number of carbonyl (C=O) groups excluding carboxylic acids is 1. The molecule has 1 aliphatic rings. The molecule has 0 unspecified atom stereocenters. The van der Waals surface area contributed by atoms with Crippen molar-refractivity contribution < 1.29 is 14.3 Å². The van der Waals surface area contributed by atoms with Crippen molar-refractivity contribution in [2.75, 3.05) is 12.1 Å². The fraction of sp³-hybridized carbons (Fsp3) is 0.182. The van der Waals surface area contributed by atoms with Crippen LogP contribution in [0.4, 0.5) is 5.69 Å². The van der Waals surface area contributed by atoms with E-state index < -0.39 is 0 Å². The lowest BCUT2D eigenvalue weighted by Crippen LogP contribution is -2.27. The van der Waals surface area contributed by atoms with Gasteiger partial charge in [-0.25, -0.2) is 9.67 Å². The summed E-state index contributed by atoms with van der Waals surface area (Å²) in [5.74, 6) is 0.838. The molecule has 1 aliphatic heterocycles. The Morgan fingerprint density at radius 3 is 2.77 bits per heavy atom. The van der Waals surface area contributed by atoms with Crippen LogP contribution >= 0.6 is 0 Å². The van der Waals surface area contributed by atoms with E-state index in [-0.39, 0.29) is 24.8 Å². The number of hydrogen-bond acceptors (Lipinski definition) is 6. The van der Waals surface area contributed by atoms with E-state index in [9.17, 15) is 9.59 Å². The molecule has 0 aliphatic carbocycles. The van der Waals surface area contributed by atoms with Crippen molar-refractivity contribution in [1.29, 1.82) is 0 Å². The molecule has 0 saturated carbocycles. The average molecular weight is 417 g/mol. The van der Waals surface area contributed by atoms with Gasteiger partial charge in [0.05, 0.1) is 11.9 Å². The van der Waals surface area contributed by atoms with E-state index in [2.05, 4.69) is 15.4 Å². The van der Waals surface area contributed by atoms with Crippen LogP contribution in [0.1, 0.15) is 11.1 Å². The van der Waals surface area contributed by atoms with Crippen LogP contribution in [0.2, 0.25) is 0 Å². The van der Waals surface area contributed by atoms with Gasteiger partial charge in [0.15, 0.2) is 17.1 Å². The van der Waals surface area contributed by atoms with Gasteiger partial charge in [-0.2, -0.15) is 5.10 Å². The molecule has 156 valence electrons. The van der Waals surface area contributed by atoms with Crippen LogP contribution in [0.15, 0.2) is 53.7 Å². The van der Waals surface area contributed by atoms with E-state index in [1.54, 1.807) is 22.9 Å². The van der Waals surface area contributed by atoms with Gasteiger partial charge in [-0.1, -0.05) is 6.07 Å². The second kappa shape index (κ2) is 7.28. The Hall–Kier alpha value is -4.14. The number of hydrogen-bond donors (Lipinski definition) is 1. The third-order valence-corrected chi connectivity index (χ3v) is 5.26. The Bertz CT molecular complexity index is 1390. The van der Waals surface area contributed by atoms with Crippen LogP contribution in [-0.4, -0.2) is 32.0 Å². The van der Waals surface area contributed by atoms with E-state index >= 15 is 0 Å². The summed E-state index contributed by atoms with van der Waals surface area (Å²) in [6, 6.07) is 11.0. The molecule has 2 aromatic heterocycles. The van der Waals surface area contributed by atoms with Crippen molar-refractivity contribution in [1.82, 2.24) is 19.3 Å². The van der Waals surface area contributed by atoms with Crippen LogP contribution < -0.4 is 20.3 Å². The van der Waals surface area contributed by atoms with Gasteiger partial charge < -0.3 is 14.8 Å². The summed E-state index contributed by atoms with van der Waals surface area (Å²) in [5.41, 5.74) is 3.78. The number of aryl methyl sites for hydroxylation is 2. The topological polar surface area (TPSA) is 100 Å². The first kappa shape index (κ1) is 18.9. The Morgan fingerprint density at radius 1 is 1.10 bits per heavy atom. The largest absolute Gasteiger partial charge is 0.454 e. The van der Waals surface area contributed by atoms with Crippen molar-refractivity contribution in [3.8, 4) is 17.2 Å². The summed E-state index contributed by atoms with van der Waals surface area (Å²) in [6.07, 6.45) is 2.84. The van der Waals surface area contributed by atoms with Gasteiger partial charge in [0.25, 0.3) is 5.56 Å². The standard InChI is InChI=1S/C22H19N5O4/c1-13-3-5-16(7-14(13)2)27-21-17(9-24-27)22(29)26(11-23-21)10-20(28)25-15-4-6-18-19(8-15)31-12-30-18/h3-9,11H,10,12H2,1-2H3,(H,25,28). The summed E-state index contributed by atoms with van der Waals surface area (Å²) < 4.78 is 13.5. The third-order valence-electron chi connectivity index (χ3n) is 5.26. The number of aromatic nitrogens is 4. The van der Waals surface area contributed by atoms with Gasteiger partial charge in [-0.05, 0) is 49.2 Å². The summed E-state index contributed by atoms with van der Waals surface area (Å²) >= 11 is 0. The summed E-state index contributed by atoms with van der Waals surface area (Å²) in [5, 5.41) is 7.43. The molecule has 0 bridgehead atoms. The molecule has 0 radical (unpaired) electrons. The van der Waals surface area contributed by atoms with E-state index in [1.807, 2.05) is 32.0 Å². The number of carbonyl (C=O) groups is 1. The fourth-order valence-electron chi connectivity index (χ4n) is 3.44. The molecule has 0 spiro atoms. The van der Waals surface area contributed by atoms with Gasteiger partial charge in [0.2, 0.25) is 12.7 Å². The van der Waals surface area contributed by atoms with Gasteiger partial charge >= 0.3 is 0 Å². The van der Waals surface area contributed by atoms with Crippen LogP contribution in [-0.2, 0) is 11.3 Å². The minimum absolute atomic E-state index is 0.156. The smallest absolute Gasteiger partial charge is 0.264 e. The molecule has 9 nitrogen and oxygen atoms in total. The van der Waals surface area contributed by atoms with E-state index in [0.29, 0.717) is 28.2 Å². The molecule has 9 heteroatoms. The Labute approximate surface area is 176 Å². The lowest BCUT2D eigenvalue weighted by Gasteiger charge is -2.09. The second-order valence-corrected chi connectivity index (χ2v) is 7.36. The highest BCUT2D eigenvalue weighted by Crippen LogP contribution is 2.34. The van der Waals surface area contributed by atoms with Crippen LogP contribution in [0, 0.1) is 13.8 Å². The number of nitrogens with one attached hydrogen (secondary N) is 1. The minimum Gasteiger partial charge on any atom is -0.454 e. The maximum atomic E-state index is 12.9. The van der Waals surface area contributed by atoms with Gasteiger partial charge in [-0.15, -0.1) is 0 Å². The predicted molar refractivity (Wildman–Crippen MR) is 114 cm³/mol. The number of nitrogens with zero attached hydrogens (tertiary/aromatic N) is 4. The Kier molecular flexibility index (Phi) is 4.43. The number of ether oxygens (including phenoxy) is 2. The van der Waals surface area contributed by atoms with Crippen molar-refractivity contribution in [2.45, 2.75) is 20.4 Å². The maximum absolute atomic E-state index is 12.9. The molecule has 1 N–H and O–H groups in total. The lowest BCUT2D eigenvalue weighted by molar-refractivity contribution is -0.116. The fourth-order valence-corrected chi connectivity index (χ4v) is 3.44. The van der Waals surface area contributed by atoms with Gasteiger partial charge in [0.1, 0.15) is 18.3 Å². The van der Waals surface area contributed by atoms with Gasteiger partial charge in [-0.3, -0.25) is 14.2 Å². The van der Waals surface area contributed by atoms with E-state index in [1.165, 1.54) is 22.7 Å². The van der Waals surface area contributed by atoms with Crippen LogP contribution in [0.25, 0.3) is 16.7 Å². The number of anilines is 1. The number of benzene rings is 2. The predicted octanol–water partition coefficient (Wildman–Crippen LogP) is 2.57. The molecule has 4 aromatic rings. The quantitative estimate of drug-likeness (QED) is 0.548. The first-order chi connectivity index (χ1) is 15.0. The summed E-state index contributed by atoms with van der Waals surface area (Å²) in [4.78, 5) is 29.7. The van der Waals surface area contributed by atoms with Crippen molar-refractivity contribution >= 4 is 22.6 Å². The van der Waals surface area contributed by atoms with Crippen molar-refractivity contribution in [3.63, 3.8) is 0 Å².